The first kappa shape index (κ1) is 11.4. The fourth-order valence-corrected chi connectivity index (χ4v) is 3.30. The van der Waals surface area contributed by atoms with Crippen molar-refractivity contribution < 1.29 is 28.7 Å². The molecule has 0 N–H and O–H groups in total. The van der Waals surface area contributed by atoms with Crippen LogP contribution in [0.5, 0.6) is 0 Å². The third-order valence-corrected chi connectivity index (χ3v) is 4.25. The quantitative estimate of drug-likeness (QED) is 0.460. The van der Waals surface area contributed by atoms with Crippen molar-refractivity contribution >= 4 is 23.9 Å². The zero-order valence-electron chi connectivity index (χ0n) is 9.69. The number of hydrogen-bond acceptors (Lipinski definition) is 6. The average Bonchev–Trinajstić information content (AvgIpc) is 2.24. The SMILES string of the molecule is O=C1CCC2(CC3(CCC(=O)OC3=O)C2)C(=O)O1. The largest absolute Gasteiger partial charge is 0.393 e. The van der Waals surface area contributed by atoms with Crippen molar-refractivity contribution in [3.8, 4) is 0 Å². The molecule has 6 nitrogen and oxygen atoms in total. The van der Waals surface area contributed by atoms with E-state index in [-0.39, 0.29) is 12.8 Å². The molecule has 0 aromatic carbocycles. The molecule has 0 aromatic heterocycles. The molecule has 96 valence electrons. The van der Waals surface area contributed by atoms with Gasteiger partial charge in [-0.1, -0.05) is 0 Å². The van der Waals surface area contributed by atoms with Crippen LogP contribution in [0.15, 0.2) is 0 Å². The summed E-state index contributed by atoms with van der Waals surface area (Å²) in [7, 11) is 0. The van der Waals surface area contributed by atoms with Gasteiger partial charge < -0.3 is 9.47 Å². The minimum atomic E-state index is -0.715. The van der Waals surface area contributed by atoms with Gasteiger partial charge in [0.1, 0.15) is 0 Å². The Kier molecular flexibility index (Phi) is 2.15. The van der Waals surface area contributed by atoms with Crippen molar-refractivity contribution in [2.75, 3.05) is 0 Å². The maximum atomic E-state index is 11.7. The maximum absolute atomic E-state index is 11.7. The molecule has 6 heteroatoms. The summed E-state index contributed by atoms with van der Waals surface area (Å²) >= 11 is 0. The third-order valence-electron chi connectivity index (χ3n) is 4.25. The number of carbonyl (C=O) groups is 4. The Bertz CT molecular complexity index is 429. The van der Waals surface area contributed by atoms with Crippen LogP contribution in [0.3, 0.4) is 0 Å². The van der Waals surface area contributed by atoms with E-state index >= 15 is 0 Å². The number of hydrogen-bond donors (Lipinski definition) is 0. The second-order valence-electron chi connectivity index (χ2n) is 5.44. The van der Waals surface area contributed by atoms with E-state index in [0.717, 1.165) is 0 Å². The van der Waals surface area contributed by atoms with Crippen LogP contribution in [0.4, 0.5) is 0 Å². The van der Waals surface area contributed by atoms with E-state index in [2.05, 4.69) is 9.47 Å². The van der Waals surface area contributed by atoms with Crippen molar-refractivity contribution in [3.63, 3.8) is 0 Å². The smallest absolute Gasteiger partial charge is 0.319 e. The number of esters is 4. The molecule has 3 fully saturated rings. The highest BCUT2D eigenvalue weighted by Crippen LogP contribution is 2.62. The average molecular weight is 252 g/mol. The number of cyclic esters (lactones) is 4. The highest BCUT2D eigenvalue weighted by Gasteiger charge is 2.66. The maximum Gasteiger partial charge on any atom is 0.319 e. The molecule has 2 heterocycles. The van der Waals surface area contributed by atoms with E-state index in [4.69, 9.17) is 0 Å². The molecule has 2 saturated heterocycles. The molecule has 2 aliphatic heterocycles. The summed E-state index contributed by atoms with van der Waals surface area (Å²) < 4.78 is 9.27. The molecule has 3 aliphatic rings. The highest BCUT2D eigenvalue weighted by atomic mass is 16.6. The van der Waals surface area contributed by atoms with E-state index in [1.165, 1.54) is 0 Å². The van der Waals surface area contributed by atoms with Crippen molar-refractivity contribution in [2.24, 2.45) is 10.8 Å². The Labute approximate surface area is 103 Å². The van der Waals surface area contributed by atoms with Gasteiger partial charge in [-0.25, -0.2) is 0 Å². The number of carbonyl (C=O) groups excluding carboxylic acids is 4. The summed E-state index contributed by atoms with van der Waals surface area (Å²) in [6.07, 6.45) is 1.92. The van der Waals surface area contributed by atoms with Crippen LogP contribution >= 0.6 is 0 Å². The molecule has 1 aliphatic carbocycles. The Morgan fingerprint density at radius 1 is 0.722 bits per heavy atom. The lowest BCUT2D eigenvalue weighted by molar-refractivity contribution is -0.203. The Hall–Kier alpha value is -1.72. The molecular weight excluding hydrogens is 240 g/mol. The lowest BCUT2D eigenvalue weighted by Gasteiger charge is -2.54. The molecule has 0 radical (unpaired) electrons. The van der Waals surface area contributed by atoms with Gasteiger partial charge in [-0.15, -0.1) is 0 Å². The molecule has 0 amide bonds. The van der Waals surface area contributed by atoms with Gasteiger partial charge in [0.25, 0.3) is 0 Å². The summed E-state index contributed by atoms with van der Waals surface area (Å²) in [4.78, 5) is 45.5. The van der Waals surface area contributed by atoms with Crippen LogP contribution < -0.4 is 0 Å². The van der Waals surface area contributed by atoms with Gasteiger partial charge in [0, 0.05) is 12.8 Å². The molecule has 0 unspecified atom stereocenters. The van der Waals surface area contributed by atoms with Gasteiger partial charge in [0.15, 0.2) is 0 Å². The lowest BCUT2D eigenvalue weighted by atomic mass is 9.49. The summed E-state index contributed by atoms with van der Waals surface area (Å²) in [5, 5.41) is 0. The van der Waals surface area contributed by atoms with Crippen LogP contribution in [0, 0.1) is 10.8 Å². The van der Waals surface area contributed by atoms with Crippen LogP contribution in [-0.2, 0) is 28.7 Å². The fraction of sp³-hybridized carbons (Fsp3) is 0.667. The molecular formula is C12H12O6. The third kappa shape index (κ3) is 1.41. The van der Waals surface area contributed by atoms with Crippen LogP contribution in [-0.4, -0.2) is 23.9 Å². The number of rotatable bonds is 0. The minimum absolute atomic E-state index is 0.204. The summed E-state index contributed by atoms with van der Waals surface area (Å²) in [6.45, 7) is 0. The normalized spacial score (nSPS) is 39.6. The van der Waals surface area contributed by atoms with Gasteiger partial charge in [-0.2, -0.15) is 0 Å². The van der Waals surface area contributed by atoms with E-state index in [1.54, 1.807) is 0 Å². The number of ether oxygens (including phenoxy) is 2. The van der Waals surface area contributed by atoms with Gasteiger partial charge in [0.2, 0.25) is 0 Å². The van der Waals surface area contributed by atoms with Crippen molar-refractivity contribution in [2.45, 2.75) is 38.5 Å². The van der Waals surface area contributed by atoms with E-state index in [9.17, 15) is 19.2 Å². The van der Waals surface area contributed by atoms with Crippen LogP contribution in [0.2, 0.25) is 0 Å². The summed E-state index contributed by atoms with van der Waals surface area (Å²) in [5.41, 5.74) is -1.43. The van der Waals surface area contributed by atoms with Crippen molar-refractivity contribution in [1.29, 1.82) is 0 Å². The van der Waals surface area contributed by atoms with E-state index < -0.39 is 34.7 Å². The predicted octanol–water partition coefficient (Wildman–Crippen LogP) is 0.480. The molecule has 0 atom stereocenters. The minimum Gasteiger partial charge on any atom is -0.393 e. The molecule has 2 spiro atoms. The zero-order valence-corrected chi connectivity index (χ0v) is 9.69. The second kappa shape index (κ2) is 3.40. The first-order valence-corrected chi connectivity index (χ1v) is 5.96. The molecule has 0 bridgehead atoms. The lowest BCUT2D eigenvalue weighted by Crippen LogP contribution is -2.59. The Morgan fingerprint density at radius 3 is 1.44 bits per heavy atom. The van der Waals surface area contributed by atoms with Gasteiger partial charge in [-0.3, -0.25) is 19.2 Å². The molecule has 1 saturated carbocycles. The van der Waals surface area contributed by atoms with E-state index in [1.807, 2.05) is 0 Å². The fourth-order valence-electron chi connectivity index (χ4n) is 3.30. The second-order valence-corrected chi connectivity index (χ2v) is 5.44. The standard InChI is InChI=1S/C12H12O6/c13-7-1-3-11(9(15)17-7)5-12(6-11)4-2-8(14)18-10(12)16/h1-6H2. The Balaban J connectivity index is 1.76. The van der Waals surface area contributed by atoms with Gasteiger partial charge >= 0.3 is 23.9 Å². The van der Waals surface area contributed by atoms with Crippen LogP contribution in [0.25, 0.3) is 0 Å². The predicted molar refractivity (Wildman–Crippen MR) is 54.8 cm³/mol. The summed E-state index contributed by atoms with van der Waals surface area (Å²) in [6, 6.07) is 0. The monoisotopic (exact) mass is 252 g/mol. The summed E-state index contributed by atoms with van der Waals surface area (Å²) in [5.74, 6) is -2.08. The zero-order chi connectivity index (χ0) is 13.0. The first-order chi connectivity index (χ1) is 8.46. The molecule has 3 rings (SSSR count). The highest BCUT2D eigenvalue weighted by molar-refractivity contribution is 5.97. The molecule has 0 aromatic rings. The molecule has 18 heavy (non-hydrogen) atoms. The van der Waals surface area contributed by atoms with Crippen LogP contribution in [0.1, 0.15) is 38.5 Å². The van der Waals surface area contributed by atoms with Gasteiger partial charge in [0.05, 0.1) is 10.8 Å². The first-order valence-electron chi connectivity index (χ1n) is 5.96. The van der Waals surface area contributed by atoms with Gasteiger partial charge in [-0.05, 0) is 25.7 Å². The van der Waals surface area contributed by atoms with Crippen molar-refractivity contribution in [3.05, 3.63) is 0 Å². The van der Waals surface area contributed by atoms with Crippen molar-refractivity contribution in [1.82, 2.24) is 0 Å². The topological polar surface area (TPSA) is 86.7 Å². The van der Waals surface area contributed by atoms with E-state index in [0.29, 0.717) is 25.7 Å². The Morgan fingerprint density at radius 2 is 1.11 bits per heavy atom.